The van der Waals surface area contributed by atoms with E-state index in [-0.39, 0.29) is 6.10 Å². The Kier molecular flexibility index (Phi) is 2.65. The molecule has 1 saturated heterocycles. The van der Waals surface area contributed by atoms with Crippen LogP contribution in [0, 0.1) is 0 Å². The van der Waals surface area contributed by atoms with Crippen molar-refractivity contribution in [1.82, 2.24) is 10.2 Å². The number of nitrogens with zero attached hydrogens (tertiary/aromatic N) is 1. The van der Waals surface area contributed by atoms with Crippen LogP contribution in [0.15, 0.2) is 12.3 Å². The SMILES string of the molecule is I[C@H]1CCCOC1c1ccn[nH]1. The number of ether oxygens (including phenoxy) is 1. The van der Waals surface area contributed by atoms with Gasteiger partial charge in [-0.05, 0) is 18.9 Å². The Morgan fingerprint density at radius 2 is 2.58 bits per heavy atom. The molecule has 0 aromatic carbocycles. The van der Waals surface area contributed by atoms with E-state index in [9.17, 15) is 0 Å². The van der Waals surface area contributed by atoms with Gasteiger partial charge < -0.3 is 4.74 Å². The number of nitrogens with one attached hydrogen (secondary N) is 1. The summed E-state index contributed by atoms with van der Waals surface area (Å²) in [7, 11) is 0. The van der Waals surface area contributed by atoms with E-state index >= 15 is 0 Å². The topological polar surface area (TPSA) is 37.9 Å². The Bertz CT molecular complexity index is 237. The summed E-state index contributed by atoms with van der Waals surface area (Å²) in [6.45, 7) is 0.878. The molecule has 1 aliphatic rings. The fraction of sp³-hybridized carbons (Fsp3) is 0.625. The highest BCUT2D eigenvalue weighted by atomic mass is 127. The van der Waals surface area contributed by atoms with E-state index in [1.54, 1.807) is 6.20 Å². The largest absolute Gasteiger partial charge is 0.371 e. The van der Waals surface area contributed by atoms with Crippen molar-refractivity contribution in [2.45, 2.75) is 22.9 Å². The number of rotatable bonds is 1. The third-order valence-electron chi connectivity index (χ3n) is 2.08. The van der Waals surface area contributed by atoms with Crippen LogP contribution in [-0.4, -0.2) is 20.7 Å². The van der Waals surface area contributed by atoms with Crippen molar-refractivity contribution in [2.75, 3.05) is 6.61 Å². The minimum Gasteiger partial charge on any atom is -0.371 e. The van der Waals surface area contributed by atoms with Crippen LogP contribution in [-0.2, 0) is 4.74 Å². The van der Waals surface area contributed by atoms with E-state index in [0.29, 0.717) is 3.92 Å². The Morgan fingerprint density at radius 3 is 3.25 bits per heavy atom. The lowest BCUT2D eigenvalue weighted by molar-refractivity contribution is 0.0213. The number of aromatic amines is 1. The van der Waals surface area contributed by atoms with E-state index in [1.807, 2.05) is 6.07 Å². The van der Waals surface area contributed by atoms with Crippen LogP contribution in [0.1, 0.15) is 24.6 Å². The molecule has 1 aromatic rings. The van der Waals surface area contributed by atoms with Crippen LogP contribution >= 0.6 is 22.6 Å². The zero-order valence-corrected chi connectivity index (χ0v) is 8.82. The van der Waals surface area contributed by atoms with Crippen LogP contribution in [0.4, 0.5) is 0 Å². The van der Waals surface area contributed by atoms with Gasteiger partial charge in [-0.1, -0.05) is 22.6 Å². The van der Waals surface area contributed by atoms with Gasteiger partial charge in [-0.3, -0.25) is 5.10 Å². The first-order valence-electron chi connectivity index (χ1n) is 4.13. The molecule has 1 aliphatic heterocycles. The lowest BCUT2D eigenvalue weighted by Gasteiger charge is -2.26. The van der Waals surface area contributed by atoms with Crippen molar-refractivity contribution in [3.8, 4) is 0 Å². The molecule has 0 bridgehead atoms. The number of aromatic nitrogens is 2. The minimum atomic E-state index is 0.224. The number of hydrogen-bond donors (Lipinski definition) is 1. The second kappa shape index (κ2) is 3.74. The van der Waals surface area contributed by atoms with Gasteiger partial charge in [-0.2, -0.15) is 5.10 Å². The Morgan fingerprint density at radius 1 is 1.67 bits per heavy atom. The van der Waals surface area contributed by atoms with Crippen molar-refractivity contribution in [3.63, 3.8) is 0 Å². The monoisotopic (exact) mass is 278 g/mol. The molecule has 4 heteroatoms. The average molecular weight is 278 g/mol. The number of halogens is 1. The van der Waals surface area contributed by atoms with Crippen molar-refractivity contribution in [1.29, 1.82) is 0 Å². The standard InChI is InChI=1S/C8H11IN2O/c9-6-2-1-5-12-8(6)7-3-4-10-11-7/h3-4,6,8H,1-2,5H2,(H,10,11)/t6-,8?/m0/s1. The number of H-pyrrole nitrogens is 1. The average Bonchev–Trinajstić information content (AvgIpc) is 2.57. The van der Waals surface area contributed by atoms with E-state index in [0.717, 1.165) is 12.3 Å². The molecule has 12 heavy (non-hydrogen) atoms. The quantitative estimate of drug-likeness (QED) is 0.630. The molecule has 1 aromatic heterocycles. The van der Waals surface area contributed by atoms with Crippen molar-refractivity contribution >= 4 is 22.6 Å². The van der Waals surface area contributed by atoms with Crippen LogP contribution in [0.3, 0.4) is 0 Å². The van der Waals surface area contributed by atoms with Gasteiger partial charge in [0, 0.05) is 16.7 Å². The minimum absolute atomic E-state index is 0.224. The van der Waals surface area contributed by atoms with Crippen LogP contribution in [0.2, 0.25) is 0 Å². The summed E-state index contributed by atoms with van der Waals surface area (Å²) < 4.78 is 6.24. The van der Waals surface area contributed by atoms with Gasteiger partial charge in [-0.25, -0.2) is 0 Å². The van der Waals surface area contributed by atoms with Gasteiger partial charge in [0.15, 0.2) is 0 Å². The summed E-state index contributed by atoms with van der Waals surface area (Å²) in [4.78, 5) is 0. The maximum absolute atomic E-state index is 5.66. The molecule has 1 N–H and O–H groups in total. The molecular formula is C8H11IN2O. The van der Waals surface area contributed by atoms with Gasteiger partial charge in [0.25, 0.3) is 0 Å². The van der Waals surface area contributed by atoms with E-state index < -0.39 is 0 Å². The maximum atomic E-state index is 5.66. The molecule has 2 rings (SSSR count). The summed E-state index contributed by atoms with van der Waals surface area (Å²) in [5.41, 5.74) is 1.11. The van der Waals surface area contributed by atoms with Crippen molar-refractivity contribution in [2.24, 2.45) is 0 Å². The molecule has 2 heterocycles. The summed E-state index contributed by atoms with van der Waals surface area (Å²) in [5.74, 6) is 0. The molecule has 2 atom stereocenters. The molecule has 3 nitrogen and oxygen atoms in total. The third-order valence-corrected chi connectivity index (χ3v) is 3.35. The summed E-state index contributed by atoms with van der Waals surface area (Å²) >= 11 is 2.45. The second-order valence-electron chi connectivity index (χ2n) is 2.96. The van der Waals surface area contributed by atoms with Crippen molar-refractivity contribution in [3.05, 3.63) is 18.0 Å². The lowest BCUT2D eigenvalue weighted by Crippen LogP contribution is -2.22. The highest BCUT2D eigenvalue weighted by molar-refractivity contribution is 14.1. The van der Waals surface area contributed by atoms with Gasteiger partial charge >= 0.3 is 0 Å². The highest BCUT2D eigenvalue weighted by Gasteiger charge is 2.25. The van der Waals surface area contributed by atoms with Gasteiger partial charge in [0.2, 0.25) is 0 Å². The summed E-state index contributed by atoms with van der Waals surface area (Å²) in [5, 5.41) is 6.88. The van der Waals surface area contributed by atoms with Gasteiger partial charge in [-0.15, -0.1) is 0 Å². The van der Waals surface area contributed by atoms with Crippen LogP contribution < -0.4 is 0 Å². The van der Waals surface area contributed by atoms with E-state index in [2.05, 4.69) is 32.8 Å². The lowest BCUT2D eigenvalue weighted by atomic mass is 10.1. The van der Waals surface area contributed by atoms with E-state index in [1.165, 1.54) is 12.8 Å². The molecule has 1 unspecified atom stereocenters. The van der Waals surface area contributed by atoms with Gasteiger partial charge in [0.05, 0.1) is 5.69 Å². The fourth-order valence-corrected chi connectivity index (χ4v) is 2.49. The molecule has 1 fully saturated rings. The van der Waals surface area contributed by atoms with Gasteiger partial charge in [0.1, 0.15) is 6.10 Å². The first kappa shape index (κ1) is 8.50. The normalized spacial score (nSPS) is 30.4. The predicted octanol–water partition coefficient (Wildman–Crippen LogP) is 2.06. The summed E-state index contributed by atoms with van der Waals surface area (Å²) in [6.07, 6.45) is 4.42. The maximum Gasteiger partial charge on any atom is 0.111 e. The molecule has 0 spiro atoms. The zero-order valence-electron chi connectivity index (χ0n) is 6.66. The fourth-order valence-electron chi connectivity index (χ4n) is 1.45. The molecule has 66 valence electrons. The summed E-state index contributed by atoms with van der Waals surface area (Å²) in [6, 6.07) is 1.99. The van der Waals surface area contributed by atoms with Crippen LogP contribution in [0.25, 0.3) is 0 Å². The van der Waals surface area contributed by atoms with E-state index in [4.69, 9.17) is 4.74 Å². The zero-order chi connectivity index (χ0) is 8.39. The second-order valence-corrected chi connectivity index (χ2v) is 4.56. The number of hydrogen-bond acceptors (Lipinski definition) is 2. The predicted molar refractivity (Wildman–Crippen MR) is 54.3 cm³/mol. The molecule has 0 radical (unpaired) electrons. The molecular weight excluding hydrogens is 267 g/mol. The Labute approximate surface area is 85.0 Å². The molecule has 0 amide bonds. The highest BCUT2D eigenvalue weighted by Crippen LogP contribution is 2.32. The smallest absolute Gasteiger partial charge is 0.111 e. The first-order valence-corrected chi connectivity index (χ1v) is 5.37. The Balaban J connectivity index is 2.11. The third kappa shape index (κ3) is 1.64. The first-order chi connectivity index (χ1) is 5.88. The molecule has 0 saturated carbocycles. The Hall–Kier alpha value is -0.100. The van der Waals surface area contributed by atoms with Crippen molar-refractivity contribution < 1.29 is 4.74 Å². The van der Waals surface area contributed by atoms with Crippen LogP contribution in [0.5, 0.6) is 0 Å². The number of alkyl halides is 1. The molecule has 0 aliphatic carbocycles.